The van der Waals surface area contributed by atoms with Crippen LogP contribution in [0.5, 0.6) is 5.75 Å². The highest BCUT2D eigenvalue weighted by molar-refractivity contribution is 6.34. The number of methoxy groups -OCH3 is 1. The topological polar surface area (TPSA) is 21.6 Å². The van der Waals surface area contributed by atoms with Crippen LogP contribution < -0.4 is 4.74 Å². The van der Waals surface area contributed by atoms with E-state index in [4.69, 9.17) is 16.3 Å². The Morgan fingerprint density at radius 3 is 2.57 bits per heavy atom. The molecule has 2 nitrogen and oxygen atoms in total. The first-order chi connectivity index (χ1) is 10.3. The highest BCUT2D eigenvalue weighted by Gasteiger charge is 2.04. The molecule has 0 fully saturated rings. The Kier molecular flexibility index (Phi) is 3.89. The lowest BCUT2D eigenvalue weighted by atomic mass is 10.1. The standard InChI is InChI=1S/C18H14ClNO/c1-21-18-9-5-4-8-17(18)20-12-15-14-7-3-2-6-13(14)10-11-16(15)19/h2-12H,1H3. The third-order valence-electron chi connectivity index (χ3n) is 3.34. The molecule has 0 amide bonds. The van der Waals surface area contributed by atoms with Crippen molar-refractivity contribution in [2.75, 3.05) is 7.11 Å². The van der Waals surface area contributed by atoms with Gasteiger partial charge in [0.2, 0.25) is 0 Å². The number of halogens is 1. The van der Waals surface area contributed by atoms with Crippen LogP contribution in [0.4, 0.5) is 5.69 Å². The number of fused-ring (bicyclic) bond motifs is 1. The molecule has 0 aliphatic rings. The Balaban J connectivity index is 2.09. The fourth-order valence-electron chi connectivity index (χ4n) is 2.27. The van der Waals surface area contributed by atoms with Crippen LogP contribution in [0.1, 0.15) is 5.56 Å². The van der Waals surface area contributed by atoms with Crippen LogP contribution in [0.2, 0.25) is 5.02 Å². The summed E-state index contributed by atoms with van der Waals surface area (Å²) >= 11 is 6.32. The zero-order valence-electron chi connectivity index (χ0n) is 11.6. The fraction of sp³-hybridized carbons (Fsp3) is 0.0556. The zero-order valence-corrected chi connectivity index (χ0v) is 12.3. The molecule has 0 unspecified atom stereocenters. The molecule has 0 saturated carbocycles. The second kappa shape index (κ2) is 5.98. The maximum absolute atomic E-state index is 6.32. The number of rotatable bonds is 3. The second-order valence-electron chi connectivity index (χ2n) is 4.61. The molecule has 0 aliphatic heterocycles. The second-order valence-corrected chi connectivity index (χ2v) is 5.02. The molecule has 0 N–H and O–H groups in total. The monoisotopic (exact) mass is 295 g/mol. The van der Waals surface area contributed by atoms with Crippen molar-refractivity contribution in [3.05, 3.63) is 71.2 Å². The third kappa shape index (κ3) is 2.76. The average molecular weight is 296 g/mol. The van der Waals surface area contributed by atoms with E-state index in [-0.39, 0.29) is 0 Å². The molecule has 0 bridgehead atoms. The molecule has 0 spiro atoms. The van der Waals surface area contributed by atoms with Gasteiger partial charge in [0, 0.05) is 16.8 Å². The van der Waals surface area contributed by atoms with Crippen LogP contribution in [-0.4, -0.2) is 13.3 Å². The lowest BCUT2D eigenvalue weighted by Crippen LogP contribution is -1.87. The highest BCUT2D eigenvalue weighted by Crippen LogP contribution is 2.28. The Hall–Kier alpha value is -2.32. The van der Waals surface area contributed by atoms with Gasteiger partial charge in [-0.2, -0.15) is 0 Å². The van der Waals surface area contributed by atoms with Gasteiger partial charge in [-0.3, -0.25) is 4.99 Å². The molecule has 0 aliphatic carbocycles. The summed E-state index contributed by atoms with van der Waals surface area (Å²) in [5, 5.41) is 2.92. The summed E-state index contributed by atoms with van der Waals surface area (Å²) in [7, 11) is 1.64. The average Bonchev–Trinajstić information content (AvgIpc) is 2.54. The van der Waals surface area contributed by atoms with Gasteiger partial charge in [-0.1, -0.05) is 54.1 Å². The predicted octanol–water partition coefficient (Wildman–Crippen LogP) is 5.25. The Morgan fingerprint density at radius 2 is 1.71 bits per heavy atom. The molecule has 3 rings (SSSR count). The lowest BCUT2D eigenvalue weighted by Gasteiger charge is -2.06. The smallest absolute Gasteiger partial charge is 0.144 e. The van der Waals surface area contributed by atoms with Gasteiger partial charge in [-0.05, 0) is 29.0 Å². The van der Waals surface area contributed by atoms with E-state index >= 15 is 0 Å². The Morgan fingerprint density at radius 1 is 0.952 bits per heavy atom. The summed E-state index contributed by atoms with van der Waals surface area (Å²) in [6, 6.07) is 19.7. The van der Waals surface area contributed by atoms with Crippen molar-refractivity contribution in [2.24, 2.45) is 4.99 Å². The van der Waals surface area contributed by atoms with Crippen molar-refractivity contribution >= 4 is 34.3 Å². The lowest BCUT2D eigenvalue weighted by molar-refractivity contribution is 0.416. The van der Waals surface area contributed by atoms with E-state index in [0.29, 0.717) is 5.02 Å². The minimum atomic E-state index is 0.687. The van der Waals surface area contributed by atoms with Gasteiger partial charge in [-0.25, -0.2) is 0 Å². The summed E-state index contributed by atoms with van der Waals surface area (Å²) in [4.78, 5) is 4.52. The molecule has 3 aromatic rings. The molecule has 21 heavy (non-hydrogen) atoms. The molecular weight excluding hydrogens is 282 g/mol. The van der Waals surface area contributed by atoms with Gasteiger partial charge in [0.05, 0.1) is 7.11 Å². The molecule has 3 aromatic carbocycles. The van der Waals surface area contributed by atoms with E-state index in [1.807, 2.05) is 54.6 Å². The highest BCUT2D eigenvalue weighted by atomic mass is 35.5. The van der Waals surface area contributed by atoms with E-state index in [2.05, 4.69) is 11.1 Å². The Bertz CT molecular complexity index is 811. The number of aliphatic imine (C=N–C) groups is 1. The van der Waals surface area contributed by atoms with Crippen LogP contribution in [0, 0.1) is 0 Å². The number of hydrogen-bond acceptors (Lipinski definition) is 2. The van der Waals surface area contributed by atoms with Crippen LogP contribution in [0.25, 0.3) is 10.8 Å². The molecular formula is C18H14ClNO. The van der Waals surface area contributed by atoms with Gasteiger partial charge in [0.25, 0.3) is 0 Å². The van der Waals surface area contributed by atoms with Crippen LogP contribution in [0.3, 0.4) is 0 Å². The summed E-state index contributed by atoms with van der Waals surface area (Å²) < 4.78 is 5.30. The van der Waals surface area contributed by atoms with Crippen molar-refractivity contribution in [1.82, 2.24) is 0 Å². The van der Waals surface area contributed by atoms with Crippen LogP contribution in [-0.2, 0) is 0 Å². The Labute approximate surface area is 128 Å². The van der Waals surface area contributed by atoms with Gasteiger partial charge in [0.15, 0.2) is 0 Å². The maximum Gasteiger partial charge on any atom is 0.144 e. The minimum Gasteiger partial charge on any atom is -0.494 e. The summed E-state index contributed by atoms with van der Waals surface area (Å²) in [5.41, 5.74) is 1.70. The normalized spacial score (nSPS) is 11.1. The zero-order chi connectivity index (χ0) is 14.7. The van der Waals surface area contributed by atoms with E-state index in [9.17, 15) is 0 Å². The molecule has 0 radical (unpaired) electrons. The number of benzene rings is 3. The van der Waals surface area contributed by atoms with E-state index in [1.165, 1.54) is 0 Å². The maximum atomic E-state index is 6.32. The van der Waals surface area contributed by atoms with Crippen molar-refractivity contribution < 1.29 is 4.74 Å². The largest absolute Gasteiger partial charge is 0.494 e. The first-order valence-electron chi connectivity index (χ1n) is 6.64. The minimum absolute atomic E-state index is 0.687. The van der Waals surface area contributed by atoms with E-state index in [1.54, 1.807) is 13.3 Å². The first-order valence-corrected chi connectivity index (χ1v) is 7.02. The van der Waals surface area contributed by atoms with Crippen molar-refractivity contribution in [2.45, 2.75) is 0 Å². The number of ether oxygens (including phenoxy) is 1. The number of hydrogen-bond donors (Lipinski definition) is 0. The first kappa shape index (κ1) is 13.7. The predicted molar refractivity (Wildman–Crippen MR) is 89.2 cm³/mol. The van der Waals surface area contributed by atoms with Crippen LogP contribution in [0.15, 0.2) is 65.7 Å². The molecule has 0 saturated heterocycles. The van der Waals surface area contributed by atoms with Gasteiger partial charge in [0.1, 0.15) is 11.4 Å². The van der Waals surface area contributed by atoms with Crippen molar-refractivity contribution in [3.63, 3.8) is 0 Å². The number of nitrogens with zero attached hydrogens (tertiary/aromatic N) is 1. The quantitative estimate of drug-likeness (QED) is 0.605. The molecule has 0 aromatic heterocycles. The SMILES string of the molecule is COc1ccccc1N=Cc1c(Cl)ccc2ccccc12. The van der Waals surface area contributed by atoms with E-state index < -0.39 is 0 Å². The van der Waals surface area contributed by atoms with E-state index in [0.717, 1.165) is 27.8 Å². The summed E-state index contributed by atoms with van der Waals surface area (Å²) in [6.07, 6.45) is 1.79. The molecule has 0 atom stereocenters. The van der Waals surface area contributed by atoms with Crippen molar-refractivity contribution in [3.8, 4) is 5.75 Å². The van der Waals surface area contributed by atoms with Crippen LogP contribution >= 0.6 is 11.6 Å². The van der Waals surface area contributed by atoms with Gasteiger partial charge < -0.3 is 4.74 Å². The molecule has 0 heterocycles. The van der Waals surface area contributed by atoms with Gasteiger partial charge >= 0.3 is 0 Å². The molecule has 104 valence electrons. The molecule has 3 heteroatoms. The number of para-hydroxylation sites is 2. The summed E-state index contributed by atoms with van der Waals surface area (Å²) in [5.74, 6) is 0.741. The third-order valence-corrected chi connectivity index (χ3v) is 3.66. The fourth-order valence-corrected chi connectivity index (χ4v) is 2.48. The summed E-state index contributed by atoms with van der Waals surface area (Å²) in [6.45, 7) is 0. The van der Waals surface area contributed by atoms with Gasteiger partial charge in [-0.15, -0.1) is 0 Å². The van der Waals surface area contributed by atoms with Crippen molar-refractivity contribution in [1.29, 1.82) is 0 Å².